The Balaban J connectivity index is 1.37. The van der Waals surface area contributed by atoms with Crippen LogP contribution < -0.4 is 20.3 Å². The van der Waals surface area contributed by atoms with Crippen LogP contribution in [0.15, 0.2) is 41.2 Å². The first-order chi connectivity index (χ1) is 16.4. The second-order valence-electron chi connectivity index (χ2n) is 8.64. The summed E-state index contributed by atoms with van der Waals surface area (Å²) in [5, 5.41) is 26.5. The number of nitrogens with one attached hydrogen (secondary N) is 2. The number of piperidine rings is 1. The van der Waals surface area contributed by atoms with Crippen molar-refractivity contribution in [2.24, 2.45) is 5.92 Å². The van der Waals surface area contributed by atoms with E-state index in [9.17, 15) is 20.0 Å². The van der Waals surface area contributed by atoms with E-state index in [2.05, 4.69) is 10.2 Å². The number of carbonyl (C=O) groups is 1. The fourth-order valence-corrected chi connectivity index (χ4v) is 5.02. The number of amides is 1. The highest BCUT2D eigenvalue weighted by atomic mass is 16.8. The van der Waals surface area contributed by atoms with Crippen LogP contribution in [-0.2, 0) is 6.54 Å². The number of quaternary nitrogens is 1. The number of hydrogen-bond donors (Lipinski definition) is 3. The zero-order valence-electron chi connectivity index (χ0n) is 18.8. The summed E-state index contributed by atoms with van der Waals surface area (Å²) in [5.74, 6) is 1.06. The Hall–Kier alpha value is -3.67. The molecule has 2 bridgehead atoms. The zero-order valence-corrected chi connectivity index (χ0v) is 18.8. The van der Waals surface area contributed by atoms with E-state index in [1.54, 1.807) is 48.0 Å². The first kappa shape index (κ1) is 22.1. The Morgan fingerprint density at radius 1 is 1.15 bits per heavy atom. The Labute approximate surface area is 194 Å². The van der Waals surface area contributed by atoms with Crippen LogP contribution in [0, 0.1) is 11.1 Å². The van der Waals surface area contributed by atoms with Crippen LogP contribution in [0.5, 0.6) is 11.5 Å². The minimum absolute atomic E-state index is 0.0276. The topological polar surface area (TPSA) is 137 Å². The van der Waals surface area contributed by atoms with Gasteiger partial charge in [-0.2, -0.15) is 10.3 Å². The van der Waals surface area contributed by atoms with Crippen LogP contribution in [-0.4, -0.2) is 58.1 Å². The molecular formula is C23H25N5O6. The van der Waals surface area contributed by atoms with Gasteiger partial charge >= 0.3 is 5.56 Å². The van der Waals surface area contributed by atoms with Crippen molar-refractivity contribution in [2.45, 2.75) is 18.9 Å². The zero-order chi connectivity index (χ0) is 24.0. The molecule has 2 aliphatic rings. The maximum Gasteiger partial charge on any atom is 0.315 e. The van der Waals surface area contributed by atoms with Gasteiger partial charge in [-0.25, -0.2) is 5.21 Å². The standard InChI is InChI=1S/C23H25N5O6/c1-33-20-6-3-14(8-21(20)34-2)16-9-17(25-24-16)22(29)26-10-13-7-15(12-26)18-4-5-19(28(31)32)23(30)27(18)11-13/h3-6,8-9,13,15,28,31H,7,10-12H2,1-2H3,(H,24,25)/t13-,15?/m0/s1. The highest BCUT2D eigenvalue weighted by Crippen LogP contribution is 2.36. The number of ether oxygens (including phenoxy) is 2. The SMILES string of the molecule is COc1ccc(-c2cc(C(=O)N3CC4C[C@@H](C3)Cn3c4ccc([NH+]([O-])O)c3=O)[nH]n2)cc1OC. The molecule has 1 aromatic carbocycles. The van der Waals surface area contributed by atoms with Gasteiger partial charge in [0.1, 0.15) is 5.69 Å². The van der Waals surface area contributed by atoms with Gasteiger partial charge in [-0.3, -0.25) is 14.7 Å². The van der Waals surface area contributed by atoms with Gasteiger partial charge in [0.15, 0.2) is 11.5 Å². The molecule has 0 saturated carbocycles. The van der Waals surface area contributed by atoms with Crippen molar-refractivity contribution in [3.8, 4) is 22.8 Å². The van der Waals surface area contributed by atoms with Crippen LogP contribution >= 0.6 is 0 Å². The van der Waals surface area contributed by atoms with Gasteiger partial charge in [0.2, 0.25) is 5.69 Å². The number of hydrogen-bond acceptors (Lipinski definition) is 7. The van der Waals surface area contributed by atoms with Gasteiger partial charge < -0.3 is 24.1 Å². The lowest BCUT2D eigenvalue weighted by atomic mass is 9.83. The van der Waals surface area contributed by atoms with Gasteiger partial charge in [-0.05, 0) is 42.7 Å². The summed E-state index contributed by atoms with van der Waals surface area (Å²) in [6.45, 7) is 1.34. The van der Waals surface area contributed by atoms with Crippen molar-refractivity contribution < 1.29 is 24.7 Å². The molecule has 11 nitrogen and oxygen atoms in total. The van der Waals surface area contributed by atoms with E-state index in [0.29, 0.717) is 42.5 Å². The molecule has 34 heavy (non-hydrogen) atoms. The number of rotatable bonds is 5. The second kappa shape index (κ2) is 8.60. The molecule has 0 aliphatic carbocycles. The largest absolute Gasteiger partial charge is 0.595 e. The van der Waals surface area contributed by atoms with E-state index < -0.39 is 10.8 Å². The average Bonchev–Trinajstić information content (AvgIpc) is 3.33. The number of likely N-dealkylation sites (tertiary alicyclic amines) is 1. The number of H-pyrrole nitrogens is 1. The summed E-state index contributed by atoms with van der Waals surface area (Å²) in [6.07, 6.45) is 0.857. The molecule has 2 unspecified atom stereocenters. The minimum Gasteiger partial charge on any atom is -0.595 e. The van der Waals surface area contributed by atoms with Crippen LogP contribution in [0.25, 0.3) is 11.3 Å². The van der Waals surface area contributed by atoms with Crippen molar-refractivity contribution in [3.63, 3.8) is 0 Å². The molecule has 2 aromatic heterocycles. The lowest BCUT2D eigenvalue weighted by Crippen LogP contribution is -3.00. The molecule has 2 aliphatic heterocycles. The smallest absolute Gasteiger partial charge is 0.315 e. The Morgan fingerprint density at radius 2 is 1.94 bits per heavy atom. The molecule has 4 heterocycles. The third kappa shape index (κ3) is 3.73. The molecule has 11 heteroatoms. The van der Waals surface area contributed by atoms with E-state index in [1.807, 2.05) is 6.07 Å². The van der Waals surface area contributed by atoms with Crippen molar-refractivity contribution in [3.05, 3.63) is 63.3 Å². The van der Waals surface area contributed by atoms with E-state index in [4.69, 9.17) is 9.47 Å². The molecule has 1 saturated heterocycles. The third-order valence-corrected chi connectivity index (χ3v) is 6.61. The summed E-state index contributed by atoms with van der Waals surface area (Å²) >= 11 is 0. The summed E-state index contributed by atoms with van der Waals surface area (Å²) in [6, 6.07) is 10.2. The van der Waals surface area contributed by atoms with Crippen LogP contribution in [0.3, 0.4) is 0 Å². The number of aromatic amines is 1. The fraction of sp³-hybridized carbons (Fsp3) is 0.348. The third-order valence-electron chi connectivity index (χ3n) is 6.61. The summed E-state index contributed by atoms with van der Waals surface area (Å²) in [4.78, 5) is 27.7. The lowest BCUT2D eigenvalue weighted by Gasteiger charge is -2.42. The number of aromatic nitrogens is 3. The molecule has 5 rings (SSSR count). The molecule has 0 spiro atoms. The van der Waals surface area contributed by atoms with Crippen molar-refractivity contribution >= 4 is 11.6 Å². The maximum absolute atomic E-state index is 13.3. The van der Waals surface area contributed by atoms with Gasteiger partial charge in [0.05, 0.1) is 19.9 Å². The highest BCUT2D eigenvalue weighted by molar-refractivity contribution is 5.93. The first-order valence-corrected chi connectivity index (χ1v) is 10.9. The molecule has 3 N–H and O–H groups in total. The predicted octanol–water partition coefficient (Wildman–Crippen LogP) is 0.919. The van der Waals surface area contributed by atoms with Crippen LogP contribution in [0.1, 0.15) is 28.5 Å². The number of pyridine rings is 1. The predicted molar refractivity (Wildman–Crippen MR) is 120 cm³/mol. The van der Waals surface area contributed by atoms with Gasteiger partial charge in [0, 0.05) is 42.9 Å². The number of nitrogens with zero attached hydrogens (tertiary/aromatic N) is 3. The quantitative estimate of drug-likeness (QED) is 0.475. The van der Waals surface area contributed by atoms with Gasteiger partial charge in [0.25, 0.3) is 5.91 Å². The molecule has 1 fully saturated rings. The summed E-state index contributed by atoms with van der Waals surface area (Å²) < 4.78 is 12.2. The summed E-state index contributed by atoms with van der Waals surface area (Å²) in [7, 11) is 3.12. The molecule has 0 radical (unpaired) electrons. The van der Waals surface area contributed by atoms with Gasteiger partial charge in [-0.1, -0.05) is 0 Å². The van der Waals surface area contributed by atoms with E-state index in [1.165, 1.54) is 6.07 Å². The van der Waals surface area contributed by atoms with Crippen LogP contribution in [0.2, 0.25) is 0 Å². The van der Waals surface area contributed by atoms with Crippen molar-refractivity contribution in [2.75, 3.05) is 27.3 Å². The van der Waals surface area contributed by atoms with Crippen molar-refractivity contribution in [1.82, 2.24) is 19.7 Å². The summed E-state index contributed by atoms with van der Waals surface area (Å²) in [5.41, 5.74) is 1.85. The number of fused-ring (bicyclic) bond motifs is 4. The number of benzene rings is 1. The molecular weight excluding hydrogens is 442 g/mol. The van der Waals surface area contributed by atoms with E-state index in [0.717, 1.165) is 17.7 Å². The van der Waals surface area contributed by atoms with Gasteiger partial charge in [-0.15, -0.1) is 0 Å². The highest BCUT2D eigenvalue weighted by Gasteiger charge is 2.37. The number of methoxy groups -OCH3 is 2. The monoisotopic (exact) mass is 467 g/mol. The maximum atomic E-state index is 13.3. The molecule has 1 amide bonds. The van der Waals surface area contributed by atoms with E-state index >= 15 is 0 Å². The Morgan fingerprint density at radius 3 is 2.68 bits per heavy atom. The lowest BCUT2D eigenvalue weighted by molar-refractivity contribution is -0.992. The van der Waals surface area contributed by atoms with Crippen LogP contribution in [0.4, 0.5) is 5.69 Å². The average molecular weight is 467 g/mol. The molecule has 178 valence electrons. The molecule has 3 atom stereocenters. The number of carbonyl (C=O) groups excluding carboxylic acids is 1. The normalized spacial score (nSPS) is 19.9. The first-order valence-electron chi connectivity index (χ1n) is 10.9. The Kier molecular flexibility index (Phi) is 5.60. The van der Waals surface area contributed by atoms with E-state index in [-0.39, 0.29) is 23.4 Å². The fourth-order valence-electron chi connectivity index (χ4n) is 5.02. The van der Waals surface area contributed by atoms with Crippen molar-refractivity contribution in [1.29, 1.82) is 0 Å². The Bertz CT molecular complexity index is 1300. The minimum atomic E-state index is -1.22. The second-order valence-corrected chi connectivity index (χ2v) is 8.64. The molecule has 3 aromatic rings.